The zero-order valence-electron chi connectivity index (χ0n) is 9.52. The van der Waals surface area contributed by atoms with Crippen LogP contribution in [0.4, 0.5) is 5.69 Å². The van der Waals surface area contributed by atoms with E-state index in [4.69, 9.17) is 16.9 Å². The molecule has 0 radical (unpaired) electrons. The van der Waals surface area contributed by atoms with Crippen LogP contribution in [-0.4, -0.2) is 10.9 Å². The molecule has 6 heteroatoms. The molecule has 0 aliphatic heterocycles. The highest BCUT2D eigenvalue weighted by atomic mass is 79.9. The van der Waals surface area contributed by atoms with Gasteiger partial charge in [-0.25, -0.2) is 4.98 Å². The van der Waals surface area contributed by atoms with Gasteiger partial charge in [0.2, 0.25) is 0 Å². The molecule has 0 bridgehead atoms. The van der Waals surface area contributed by atoms with Crippen molar-refractivity contribution in [2.75, 3.05) is 5.32 Å². The van der Waals surface area contributed by atoms with E-state index < -0.39 is 0 Å². The Kier molecular flexibility index (Phi) is 4.15. The SMILES string of the molecule is N#Cc1ccc(NC(=O)c2ncccc2Br)cc1Cl. The molecule has 2 rings (SSSR count). The van der Waals surface area contributed by atoms with Crippen LogP contribution in [0.25, 0.3) is 0 Å². The van der Waals surface area contributed by atoms with Crippen molar-refractivity contribution in [3.8, 4) is 6.07 Å². The molecule has 4 nitrogen and oxygen atoms in total. The average Bonchev–Trinajstić information content (AvgIpc) is 2.39. The summed E-state index contributed by atoms with van der Waals surface area (Å²) in [6.45, 7) is 0. The minimum absolute atomic E-state index is 0.281. The summed E-state index contributed by atoms with van der Waals surface area (Å²) in [6.07, 6.45) is 1.53. The first kappa shape index (κ1) is 13.5. The van der Waals surface area contributed by atoms with E-state index in [0.717, 1.165) is 0 Å². The summed E-state index contributed by atoms with van der Waals surface area (Å²) in [7, 11) is 0. The number of hydrogen-bond donors (Lipinski definition) is 1. The summed E-state index contributed by atoms with van der Waals surface area (Å²) in [5, 5.41) is 11.7. The molecular formula is C13H7BrClN3O. The number of halogens is 2. The molecule has 0 aliphatic rings. The molecule has 0 saturated carbocycles. The van der Waals surface area contributed by atoms with Crippen molar-refractivity contribution in [1.29, 1.82) is 5.26 Å². The molecular weight excluding hydrogens is 330 g/mol. The lowest BCUT2D eigenvalue weighted by Gasteiger charge is -2.06. The molecule has 1 amide bonds. The van der Waals surface area contributed by atoms with Crippen molar-refractivity contribution in [2.24, 2.45) is 0 Å². The summed E-state index contributed by atoms with van der Waals surface area (Å²) in [6, 6.07) is 10.1. The largest absolute Gasteiger partial charge is 0.321 e. The van der Waals surface area contributed by atoms with E-state index in [-0.39, 0.29) is 11.6 Å². The predicted molar refractivity (Wildman–Crippen MR) is 76.1 cm³/mol. The average molecular weight is 337 g/mol. The lowest BCUT2D eigenvalue weighted by Crippen LogP contribution is -2.14. The van der Waals surface area contributed by atoms with Gasteiger partial charge in [-0.15, -0.1) is 0 Å². The Labute approximate surface area is 123 Å². The smallest absolute Gasteiger partial charge is 0.275 e. The zero-order valence-corrected chi connectivity index (χ0v) is 11.9. The minimum Gasteiger partial charge on any atom is -0.321 e. The maximum atomic E-state index is 12.0. The van der Waals surface area contributed by atoms with Crippen LogP contribution in [0.15, 0.2) is 41.0 Å². The summed E-state index contributed by atoms with van der Waals surface area (Å²) in [4.78, 5) is 16.0. The van der Waals surface area contributed by atoms with Crippen LogP contribution in [0.5, 0.6) is 0 Å². The molecule has 0 unspecified atom stereocenters. The topological polar surface area (TPSA) is 65.8 Å². The highest BCUT2D eigenvalue weighted by molar-refractivity contribution is 9.10. The van der Waals surface area contributed by atoms with Crippen LogP contribution in [0.1, 0.15) is 16.1 Å². The molecule has 1 heterocycles. The van der Waals surface area contributed by atoms with Crippen LogP contribution < -0.4 is 5.32 Å². The Morgan fingerprint density at radius 2 is 2.21 bits per heavy atom. The number of nitrogens with zero attached hydrogens (tertiary/aromatic N) is 2. The number of nitrogens with one attached hydrogen (secondary N) is 1. The Bertz CT molecular complexity index is 682. The second-order valence-electron chi connectivity index (χ2n) is 3.59. The number of benzene rings is 1. The second kappa shape index (κ2) is 5.83. The van der Waals surface area contributed by atoms with Gasteiger partial charge in [-0.05, 0) is 46.3 Å². The maximum Gasteiger partial charge on any atom is 0.275 e. The second-order valence-corrected chi connectivity index (χ2v) is 4.86. The van der Waals surface area contributed by atoms with Gasteiger partial charge in [0, 0.05) is 16.4 Å². The van der Waals surface area contributed by atoms with Gasteiger partial charge in [-0.2, -0.15) is 5.26 Å². The fourth-order valence-electron chi connectivity index (χ4n) is 1.43. The summed E-state index contributed by atoms with van der Waals surface area (Å²) < 4.78 is 0.604. The monoisotopic (exact) mass is 335 g/mol. The lowest BCUT2D eigenvalue weighted by molar-refractivity contribution is 0.102. The van der Waals surface area contributed by atoms with Crippen molar-refractivity contribution >= 4 is 39.1 Å². The van der Waals surface area contributed by atoms with Gasteiger partial charge in [0.15, 0.2) is 0 Å². The minimum atomic E-state index is -0.353. The van der Waals surface area contributed by atoms with Gasteiger partial charge in [0.1, 0.15) is 11.8 Å². The highest BCUT2D eigenvalue weighted by Crippen LogP contribution is 2.21. The molecule has 19 heavy (non-hydrogen) atoms. The number of carbonyl (C=O) groups excluding carboxylic acids is 1. The predicted octanol–water partition coefficient (Wildman–Crippen LogP) is 3.62. The fraction of sp³-hybridized carbons (Fsp3) is 0. The number of pyridine rings is 1. The third kappa shape index (κ3) is 3.11. The van der Waals surface area contributed by atoms with E-state index in [2.05, 4.69) is 26.2 Å². The van der Waals surface area contributed by atoms with Gasteiger partial charge in [-0.1, -0.05) is 11.6 Å². The van der Waals surface area contributed by atoms with Gasteiger partial charge < -0.3 is 5.32 Å². The number of nitriles is 1. The van der Waals surface area contributed by atoms with Gasteiger partial charge in [0.05, 0.1) is 10.6 Å². The highest BCUT2D eigenvalue weighted by Gasteiger charge is 2.11. The van der Waals surface area contributed by atoms with E-state index in [9.17, 15) is 4.79 Å². The number of rotatable bonds is 2. The van der Waals surface area contributed by atoms with E-state index in [1.165, 1.54) is 12.3 Å². The molecule has 94 valence electrons. The van der Waals surface area contributed by atoms with Crippen molar-refractivity contribution in [3.63, 3.8) is 0 Å². The zero-order chi connectivity index (χ0) is 13.8. The quantitative estimate of drug-likeness (QED) is 0.911. The van der Waals surface area contributed by atoms with Crippen molar-refractivity contribution in [1.82, 2.24) is 4.98 Å². The molecule has 0 aliphatic carbocycles. The van der Waals surface area contributed by atoms with E-state index in [0.29, 0.717) is 20.7 Å². The van der Waals surface area contributed by atoms with E-state index >= 15 is 0 Å². The standard InChI is InChI=1S/C13H7BrClN3O/c14-10-2-1-5-17-12(10)13(19)18-9-4-3-8(7-16)11(15)6-9/h1-6H,(H,18,19). The number of amides is 1. The van der Waals surface area contributed by atoms with Crippen LogP contribution in [0.2, 0.25) is 5.02 Å². The molecule has 0 fully saturated rings. The molecule has 2 aromatic rings. The normalized spacial score (nSPS) is 9.74. The van der Waals surface area contributed by atoms with Crippen LogP contribution in [0, 0.1) is 11.3 Å². The first-order valence-corrected chi connectivity index (χ1v) is 6.40. The summed E-state index contributed by atoms with van der Waals surface area (Å²) in [5.74, 6) is -0.353. The third-order valence-electron chi connectivity index (χ3n) is 2.32. The number of aromatic nitrogens is 1. The van der Waals surface area contributed by atoms with Crippen molar-refractivity contribution < 1.29 is 4.79 Å². The van der Waals surface area contributed by atoms with Crippen molar-refractivity contribution in [3.05, 3.63) is 57.3 Å². The lowest BCUT2D eigenvalue weighted by atomic mass is 10.2. The first-order valence-electron chi connectivity index (χ1n) is 5.23. The van der Waals surface area contributed by atoms with E-state index in [1.807, 2.05) is 6.07 Å². The summed E-state index contributed by atoms with van der Waals surface area (Å²) in [5.41, 5.74) is 1.15. The van der Waals surface area contributed by atoms with Gasteiger partial charge in [0.25, 0.3) is 5.91 Å². The Balaban J connectivity index is 2.23. The summed E-state index contributed by atoms with van der Waals surface area (Å²) >= 11 is 9.15. The van der Waals surface area contributed by atoms with Crippen LogP contribution in [-0.2, 0) is 0 Å². The van der Waals surface area contributed by atoms with Gasteiger partial charge >= 0.3 is 0 Å². The number of hydrogen-bond acceptors (Lipinski definition) is 3. The van der Waals surface area contributed by atoms with Crippen molar-refractivity contribution in [2.45, 2.75) is 0 Å². The Hall–Kier alpha value is -1.90. The first-order chi connectivity index (χ1) is 9.11. The maximum absolute atomic E-state index is 12.0. The van der Waals surface area contributed by atoms with E-state index in [1.54, 1.807) is 24.3 Å². The molecule has 0 saturated heterocycles. The number of anilines is 1. The molecule has 1 aromatic heterocycles. The molecule has 0 atom stereocenters. The van der Waals surface area contributed by atoms with Crippen LogP contribution in [0.3, 0.4) is 0 Å². The Morgan fingerprint density at radius 3 is 2.84 bits per heavy atom. The molecule has 1 aromatic carbocycles. The Morgan fingerprint density at radius 1 is 1.42 bits per heavy atom. The molecule has 0 spiro atoms. The molecule has 1 N–H and O–H groups in total. The fourth-order valence-corrected chi connectivity index (χ4v) is 2.08. The van der Waals surface area contributed by atoms with Gasteiger partial charge in [-0.3, -0.25) is 4.79 Å². The number of carbonyl (C=O) groups is 1. The van der Waals surface area contributed by atoms with Crippen LogP contribution >= 0.6 is 27.5 Å². The third-order valence-corrected chi connectivity index (χ3v) is 3.27.